The molecule has 10 heteroatoms. The Labute approximate surface area is 200 Å². The maximum Gasteiger partial charge on any atom is 0.387 e. The van der Waals surface area contributed by atoms with Crippen LogP contribution in [-0.4, -0.2) is 38.2 Å². The van der Waals surface area contributed by atoms with Crippen LogP contribution in [0.5, 0.6) is 5.75 Å². The lowest BCUT2D eigenvalue weighted by atomic mass is 10.1. The second kappa shape index (κ2) is 9.55. The minimum absolute atomic E-state index is 0.0237. The molecule has 0 aliphatic heterocycles. The number of fused-ring (bicyclic) bond motifs is 1. The number of ether oxygens (including phenoxy) is 2. The van der Waals surface area contributed by atoms with Gasteiger partial charge in [0.05, 0.1) is 24.1 Å². The molecular formula is C25H26F2N4O4. The quantitative estimate of drug-likeness (QED) is 0.409. The van der Waals surface area contributed by atoms with E-state index in [2.05, 4.69) is 9.97 Å². The Kier molecular flexibility index (Phi) is 6.68. The summed E-state index contributed by atoms with van der Waals surface area (Å²) in [5.41, 5.74) is 1.84. The van der Waals surface area contributed by atoms with Crippen LogP contribution in [0.4, 0.5) is 8.78 Å². The highest BCUT2D eigenvalue weighted by molar-refractivity contribution is 5.84. The van der Waals surface area contributed by atoms with Crippen molar-refractivity contribution in [3.05, 3.63) is 76.1 Å². The third-order valence-electron chi connectivity index (χ3n) is 5.75. The van der Waals surface area contributed by atoms with Gasteiger partial charge in [0.15, 0.2) is 5.82 Å². The van der Waals surface area contributed by atoms with E-state index in [9.17, 15) is 18.7 Å². The van der Waals surface area contributed by atoms with E-state index in [1.165, 1.54) is 17.9 Å². The molecule has 4 aromatic rings. The molecule has 0 amide bonds. The number of nitrogens with zero attached hydrogens (tertiary/aromatic N) is 4. The number of aromatic nitrogens is 4. The van der Waals surface area contributed by atoms with Gasteiger partial charge in [-0.25, -0.2) is 9.97 Å². The number of methoxy groups -OCH3 is 1. The lowest BCUT2D eigenvalue weighted by Crippen LogP contribution is -2.20. The Balaban J connectivity index is 1.82. The van der Waals surface area contributed by atoms with Crippen molar-refractivity contribution >= 4 is 10.9 Å². The predicted molar refractivity (Wildman–Crippen MR) is 126 cm³/mol. The number of rotatable bonds is 8. The number of halogens is 2. The normalized spacial score (nSPS) is 12.0. The largest absolute Gasteiger partial charge is 0.434 e. The van der Waals surface area contributed by atoms with E-state index in [-0.39, 0.29) is 24.5 Å². The standard InChI is InChI=1S/C25H26F2N4O4/c1-25(2,33)23-28-11-17(12-29-23)15-8-9-18-20(10-15)31(30(3)22(18)32)13-19-16(14-34-4)6-5-7-21(19)35-24(26)27/h5-12,24,33H,13-14H2,1-4H3. The molecule has 0 aliphatic rings. The lowest BCUT2D eigenvalue weighted by molar-refractivity contribution is -0.0506. The van der Waals surface area contributed by atoms with Crippen molar-refractivity contribution < 1.29 is 23.4 Å². The van der Waals surface area contributed by atoms with Crippen LogP contribution in [0.25, 0.3) is 22.0 Å². The first-order chi connectivity index (χ1) is 16.6. The third kappa shape index (κ3) is 4.94. The van der Waals surface area contributed by atoms with Gasteiger partial charge in [-0.2, -0.15) is 8.78 Å². The average molecular weight is 485 g/mol. The van der Waals surface area contributed by atoms with Crippen LogP contribution in [0.1, 0.15) is 30.8 Å². The van der Waals surface area contributed by atoms with E-state index in [4.69, 9.17) is 9.47 Å². The fourth-order valence-corrected chi connectivity index (χ4v) is 3.97. The highest BCUT2D eigenvalue weighted by Crippen LogP contribution is 2.29. The number of aliphatic hydroxyl groups is 1. The second-order valence-electron chi connectivity index (χ2n) is 8.68. The summed E-state index contributed by atoms with van der Waals surface area (Å²) in [5, 5.41) is 10.6. The SMILES string of the molecule is COCc1cccc(OC(F)F)c1Cn1c2cc(-c3cnc(C(C)(C)O)nc3)ccc2c(=O)n1C. The van der Waals surface area contributed by atoms with Gasteiger partial charge in [0.1, 0.15) is 11.4 Å². The minimum atomic E-state index is -2.99. The molecule has 0 radical (unpaired) electrons. The van der Waals surface area contributed by atoms with Crippen molar-refractivity contribution in [1.29, 1.82) is 0 Å². The molecule has 0 fully saturated rings. The highest BCUT2D eigenvalue weighted by Gasteiger charge is 2.20. The zero-order chi connectivity index (χ0) is 25.3. The molecule has 2 heterocycles. The van der Waals surface area contributed by atoms with Crippen molar-refractivity contribution in [1.82, 2.24) is 19.3 Å². The molecule has 35 heavy (non-hydrogen) atoms. The first-order valence-electron chi connectivity index (χ1n) is 10.9. The van der Waals surface area contributed by atoms with E-state index < -0.39 is 12.2 Å². The van der Waals surface area contributed by atoms with Crippen LogP contribution in [0.3, 0.4) is 0 Å². The Morgan fingerprint density at radius 1 is 1.11 bits per heavy atom. The smallest absolute Gasteiger partial charge is 0.387 e. The van der Waals surface area contributed by atoms with Gasteiger partial charge in [-0.3, -0.25) is 14.2 Å². The van der Waals surface area contributed by atoms with Crippen LogP contribution in [-0.2, 0) is 30.5 Å². The number of hydrogen-bond donors (Lipinski definition) is 1. The fourth-order valence-electron chi connectivity index (χ4n) is 3.97. The number of alkyl halides is 2. The summed E-state index contributed by atoms with van der Waals surface area (Å²) in [7, 11) is 3.14. The molecule has 0 unspecified atom stereocenters. The second-order valence-corrected chi connectivity index (χ2v) is 8.68. The van der Waals surface area contributed by atoms with Crippen LogP contribution in [0.15, 0.2) is 53.6 Å². The van der Waals surface area contributed by atoms with E-state index >= 15 is 0 Å². The summed E-state index contributed by atoms with van der Waals surface area (Å²) >= 11 is 0. The summed E-state index contributed by atoms with van der Waals surface area (Å²) in [4.78, 5) is 21.4. The zero-order valence-electron chi connectivity index (χ0n) is 19.8. The molecule has 0 saturated heterocycles. The average Bonchev–Trinajstić information content (AvgIpc) is 3.04. The minimum Gasteiger partial charge on any atom is -0.434 e. The van der Waals surface area contributed by atoms with Gasteiger partial charge in [-0.1, -0.05) is 18.2 Å². The monoisotopic (exact) mass is 484 g/mol. The molecular weight excluding hydrogens is 458 g/mol. The van der Waals surface area contributed by atoms with Crippen molar-refractivity contribution in [2.75, 3.05) is 7.11 Å². The summed E-state index contributed by atoms with van der Waals surface area (Å²) < 4.78 is 39.4. The summed E-state index contributed by atoms with van der Waals surface area (Å²) in [6, 6.07) is 10.2. The zero-order valence-corrected chi connectivity index (χ0v) is 19.8. The van der Waals surface area contributed by atoms with Crippen LogP contribution < -0.4 is 10.3 Å². The van der Waals surface area contributed by atoms with Crippen LogP contribution >= 0.6 is 0 Å². The molecule has 0 spiro atoms. The van der Waals surface area contributed by atoms with E-state index in [0.717, 1.165) is 5.56 Å². The first kappa shape index (κ1) is 24.5. The van der Waals surface area contributed by atoms with Crippen LogP contribution in [0.2, 0.25) is 0 Å². The Hall–Kier alpha value is -3.63. The highest BCUT2D eigenvalue weighted by atomic mass is 19.3. The topological polar surface area (TPSA) is 91.4 Å². The van der Waals surface area contributed by atoms with Crippen molar-refractivity contribution in [3.63, 3.8) is 0 Å². The maximum absolute atomic E-state index is 13.1. The Bertz CT molecular complexity index is 1410. The molecule has 0 atom stereocenters. The molecule has 4 rings (SSSR count). The molecule has 0 bridgehead atoms. The summed E-state index contributed by atoms with van der Waals surface area (Å²) in [6.45, 7) is 0.511. The van der Waals surface area contributed by atoms with Gasteiger partial charge in [0.25, 0.3) is 5.56 Å². The number of hydrogen-bond acceptors (Lipinski definition) is 6. The summed E-state index contributed by atoms with van der Waals surface area (Å²) in [6.07, 6.45) is 3.21. The van der Waals surface area contributed by atoms with Crippen molar-refractivity contribution in [2.45, 2.75) is 39.2 Å². The van der Waals surface area contributed by atoms with Crippen LogP contribution in [0, 0.1) is 0 Å². The molecule has 0 aliphatic carbocycles. The van der Waals surface area contributed by atoms with Gasteiger partial charge in [0, 0.05) is 37.7 Å². The molecule has 1 N–H and O–H groups in total. The molecule has 2 aromatic carbocycles. The first-order valence-corrected chi connectivity index (χ1v) is 10.9. The molecule has 0 saturated carbocycles. The van der Waals surface area contributed by atoms with Gasteiger partial charge in [-0.05, 0) is 43.2 Å². The summed E-state index contributed by atoms with van der Waals surface area (Å²) in [5.74, 6) is 0.316. The molecule has 184 valence electrons. The lowest BCUT2D eigenvalue weighted by Gasteiger charge is -2.17. The third-order valence-corrected chi connectivity index (χ3v) is 5.75. The van der Waals surface area contributed by atoms with Gasteiger partial charge < -0.3 is 14.6 Å². The Morgan fingerprint density at radius 3 is 2.46 bits per heavy atom. The van der Waals surface area contributed by atoms with E-state index in [1.54, 1.807) is 62.2 Å². The van der Waals surface area contributed by atoms with Gasteiger partial charge >= 0.3 is 6.61 Å². The van der Waals surface area contributed by atoms with Crippen molar-refractivity contribution in [2.24, 2.45) is 7.05 Å². The van der Waals surface area contributed by atoms with Gasteiger partial charge in [-0.15, -0.1) is 0 Å². The van der Waals surface area contributed by atoms with E-state index in [1.807, 2.05) is 6.07 Å². The number of benzene rings is 2. The fraction of sp³-hybridized carbons (Fsp3) is 0.320. The van der Waals surface area contributed by atoms with Gasteiger partial charge in [0.2, 0.25) is 0 Å². The maximum atomic E-state index is 13.1. The van der Waals surface area contributed by atoms with Crippen molar-refractivity contribution in [3.8, 4) is 16.9 Å². The predicted octanol–water partition coefficient (Wildman–Crippen LogP) is 3.82. The van der Waals surface area contributed by atoms with E-state index in [0.29, 0.717) is 33.4 Å². The Morgan fingerprint density at radius 2 is 1.83 bits per heavy atom. The molecule has 2 aromatic heterocycles. The molecule has 8 nitrogen and oxygen atoms in total.